The zero-order valence-corrected chi connectivity index (χ0v) is 8.09. The van der Waals surface area contributed by atoms with Gasteiger partial charge < -0.3 is 5.32 Å². The first-order valence-corrected chi connectivity index (χ1v) is 4.02. The maximum atomic E-state index is 3.62. The second-order valence-corrected chi connectivity index (χ2v) is 2.67. The van der Waals surface area contributed by atoms with Crippen molar-refractivity contribution in [3.63, 3.8) is 0 Å². The van der Waals surface area contributed by atoms with Crippen molar-refractivity contribution in [2.24, 2.45) is 0 Å². The van der Waals surface area contributed by atoms with Crippen LogP contribution in [-0.4, -0.2) is 7.05 Å². The fourth-order valence-corrected chi connectivity index (χ4v) is 0.734. The molecule has 0 saturated heterocycles. The van der Waals surface area contributed by atoms with E-state index in [1.807, 2.05) is 31.5 Å². The van der Waals surface area contributed by atoms with Gasteiger partial charge in [-0.1, -0.05) is 30.4 Å². The molecule has 1 nitrogen and oxygen atoms in total. The molecule has 0 aromatic heterocycles. The number of hydrogen-bond acceptors (Lipinski definition) is 1. The molecule has 0 radical (unpaired) electrons. The number of allylic oxidation sites excluding steroid dienone is 6. The lowest BCUT2D eigenvalue weighted by Crippen LogP contribution is -1.91. The summed E-state index contributed by atoms with van der Waals surface area (Å²) in [5, 5.41) is 2.96. The molecule has 0 fully saturated rings. The van der Waals surface area contributed by atoms with E-state index in [0.717, 1.165) is 0 Å². The summed E-state index contributed by atoms with van der Waals surface area (Å²) in [4.78, 5) is 0. The van der Waals surface area contributed by atoms with Crippen LogP contribution in [-0.2, 0) is 0 Å². The van der Waals surface area contributed by atoms with Gasteiger partial charge in [-0.25, -0.2) is 0 Å². The molecule has 0 saturated carbocycles. The molecule has 0 aliphatic carbocycles. The highest BCUT2D eigenvalue weighted by atomic mass is 14.8. The van der Waals surface area contributed by atoms with Crippen LogP contribution in [0.1, 0.15) is 13.8 Å². The third-order valence-corrected chi connectivity index (χ3v) is 1.42. The minimum absolute atomic E-state index is 1.21. The van der Waals surface area contributed by atoms with Gasteiger partial charge in [-0.2, -0.15) is 0 Å². The monoisotopic (exact) mass is 163 g/mol. The Kier molecular flexibility index (Phi) is 5.80. The highest BCUT2D eigenvalue weighted by Gasteiger charge is 1.86. The van der Waals surface area contributed by atoms with Crippen molar-refractivity contribution in [3.05, 3.63) is 48.2 Å². The van der Waals surface area contributed by atoms with E-state index in [1.165, 1.54) is 11.1 Å². The summed E-state index contributed by atoms with van der Waals surface area (Å²) >= 11 is 0. The quantitative estimate of drug-likeness (QED) is 0.628. The Labute approximate surface area is 75.2 Å². The van der Waals surface area contributed by atoms with Gasteiger partial charge in [0.2, 0.25) is 0 Å². The van der Waals surface area contributed by atoms with E-state index in [2.05, 4.69) is 25.7 Å². The predicted octanol–water partition coefficient (Wildman–Crippen LogP) is 2.80. The normalized spacial score (nSPS) is 10.6. The van der Waals surface area contributed by atoms with Crippen LogP contribution in [0.25, 0.3) is 0 Å². The van der Waals surface area contributed by atoms with E-state index in [9.17, 15) is 0 Å². The van der Waals surface area contributed by atoms with E-state index in [0.29, 0.717) is 0 Å². The molecule has 0 aromatic carbocycles. The molecule has 0 spiro atoms. The van der Waals surface area contributed by atoms with Crippen LogP contribution >= 0.6 is 0 Å². The molecule has 0 atom stereocenters. The summed E-state index contributed by atoms with van der Waals surface area (Å²) in [6.07, 6.45) is 9.69. The van der Waals surface area contributed by atoms with E-state index in [1.54, 1.807) is 6.08 Å². The van der Waals surface area contributed by atoms with E-state index in [-0.39, 0.29) is 0 Å². The largest absolute Gasteiger partial charge is 0.394 e. The smallest absolute Gasteiger partial charge is 0.00277 e. The highest BCUT2D eigenvalue weighted by molar-refractivity contribution is 5.35. The van der Waals surface area contributed by atoms with Crippen LogP contribution in [0.3, 0.4) is 0 Å². The fraction of sp³-hybridized carbons (Fsp3) is 0.273. The Morgan fingerprint density at radius 3 is 2.33 bits per heavy atom. The molecule has 66 valence electrons. The molecule has 1 heteroatoms. The summed E-state index contributed by atoms with van der Waals surface area (Å²) in [5.74, 6) is 0. The molecule has 1 N–H and O–H groups in total. The van der Waals surface area contributed by atoms with Gasteiger partial charge in [0.05, 0.1) is 0 Å². The maximum Gasteiger partial charge on any atom is 0.00277 e. The Bertz CT molecular complexity index is 215. The number of hydrogen-bond donors (Lipinski definition) is 1. The average Bonchev–Trinajstić information content (AvgIpc) is 2.04. The van der Waals surface area contributed by atoms with Crippen molar-refractivity contribution < 1.29 is 0 Å². The summed E-state index contributed by atoms with van der Waals surface area (Å²) in [5.41, 5.74) is 2.50. The van der Waals surface area contributed by atoms with Crippen molar-refractivity contribution in [1.82, 2.24) is 5.32 Å². The Balaban J connectivity index is 4.47. The van der Waals surface area contributed by atoms with Crippen molar-refractivity contribution in [2.45, 2.75) is 13.8 Å². The molecule has 0 aromatic rings. The Morgan fingerprint density at radius 1 is 1.25 bits per heavy atom. The van der Waals surface area contributed by atoms with Crippen LogP contribution in [0.4, 0.5) is 0 Å². The molecule has 0 heterocycles. The SMILES string of the molecule is C=C/C=C\C(/C=C\NC)=C(C)C. The van der Waals surface area contributed by atoms with Gasteiger partial charge in [-0.3, -0.25) is 0 Å². The zero-order valence-electron chi connectivity index (χ0n) is 8.09. The van der Waals surface area contributed by atoms with Gasteiger partial charge in [-0.05, 0) is 31.7 Å². The standard InChI is InChI=1S/C11H17N/c1-5-6-7-11(10(2)3)8-9-12-4/h5-9,12H,1H2,2-4H3/b7-6-,9-8-. The van der Waals surface area contributed by atoms with E-state index < -0.39 is 0 Å². The zero-order chi connectivity index (χ0) is 9.40. The minimum atomic E-state index is 1.21. The second kappa shape index (κ2) is 6.47. The van der Waals surface area contributed by atoms with E-state index in [4.69, 9.17) is 0 Å². The molecule has 0 rings (SSSR count). The first-order valence-electron chi connectivity index (χ1n) is 4.02. The molecule has 0 aliphatic rings. The summed E-state index contributed by atoms with van der Waals surface area (Å²) < 4.78 is 0. The Hall–Kier alpha value is -1.24. The molecule has 0 unspecified atom stereocenters. The molecular formula is C11H17N. The molecule has 0 bridgehead atoms. The second-order valence-electron chi connectivity index (χ2n) is 2.67. The maximum absolute atomic E-state index is 3.62. The average molecular weight is 163 g/mol. The van der Waals surface area contributed by atoms with Crippen LogP contribution < -0.4 is 5.32 Å². The predicted molar refractivity (Wildman–Crippen MR) is 55.9 cm³/mol. The molecule has 12 heavy (non-hydrogen) atoms. The fourth-order valence-electron chi connectivity index (χ4n) is 0.734. The highest BCUT2D eigenvalue weighted by Crippen LogP contribution is 2.06. The van der Waals surface area contributed by atoms with Gasteiger partial charge in [0, 0.05) is 7.05 Å². The van der Waals surface area contributed by atoms with Gasteiger partial charge in [0.15, 0.2) is 0 Å². The van der Waals surface area contributed by atoms with Crippen LogP contribution in [0, 0.1) is 0 Å². The topological polar surface area (TPSA) is 12.0 Å². The lowest BCUT2D eigenvalue weighted by molar-refractivity contribution is 1.10. The van der Waals surface area contributed by atoms with Gasteiger partial charge >= 0.3 is 0 Å². The lowest BCUT2D eigenvalue weighted by Gasteiger charge is -1.96. The number of rotatable bonds is 4. The molecule has 0 aliphatic heterocycles. The van der Waals surface area contributed by atoms with Crippen LogP contribution in [0.2, 0.25) is 0 Å². The summed E-state index contributed by atoms with van der Waals surface area (Å²) in [6, 6.07) is 0. The van der Waals surface area contributed by atoms with Crippen LogP contribution in [0.15, 0.2) is 48.2 Å². The third kappa shape index (κ3) is 4.56. The van der Waals surface area contributed by atoms with Crippen LogP contribution in [0.5, 0.6) is 0 Å². The van der Waals surface area contributed by atoms with Gasteiger partial charge in [0.1, 0.15) is 0 Å². The van der Waals surface area contributed by atoms with Crippen molar-refractivity contribution in [1.29, 1.82) is 0 Å². The summed E-state index contributed by atoms with van der Waals surface area (Å²) in [7, 11) is 1.89. The minimum Gasteiger partial charge on any atom is -0.394 e. The van der Waals surface area contributed by atoms with Gasteiger partial charge in [-0.15, -0.1) is 0 Å². The number of nitrogens with one attached hydrogen (secondary N) is 1. The van der Waals surface area contributed by atoms with E-state index >= 15 is 0 Å². The van der Waals surface area contributed by atoms with Gasteiger partial charge in [0.25, 0.3) is 0 Å². The first kappa shape index (κ1) is 10.8. The Morgan fingerprint density at radius 2 is 1.92 bits per heavy atom. The van der Waals surface area contributed by atoms with Crippen molar-refractivity contribution >= 4 is 0 Å². The lowest BCUT2D eigenvalue weighted by atomic mass is 10.1. The molecule has 0 amide bonds. The van der Waals surface area contributed by atoms with Crippen molar-refractivity contribution in [3.8, 4) is 0 Å². The molecular weight excluding hydrogens is 146 g/mol. The third-order valence-electron chi connectivity index (χ3n) is 1.42. The van der Waals surface area contributed by atoms with Crippen molar-refractivity contribution in [2.75, 3.05) is 7.05 Å². The summed E-state index contributed by atoms with van der Waals surface area (Å²) in [6.45, 7) is 7.80. The first-order chi connectivity index (χ1) is 5.72.